The van der Waals surface area contributed by atoms with Crippen molar-refractivity contribution in [1.82, 2.24) is 9.88 Å². The molecule has 0 bridgehead atoms. The minimum absolute atomic E-state index is 0.00912. The van der Waals surface area contributed by atoms with E-state index in [9.17, 15) is 18.0 Å². The van der Waals surface area contributed by atoms with Crippen molar-refractivity contribution >= 4 is 17.9 Å². The Morgan fingerprint density at radius 2 is 1.74 bits per heavy atom. The molecular formula is C21H29F3N2O4S. The van der Waals surface area contributed by atoms with Gasteiger partial charge in [0, 0.05) is 25.5 Å². The summed E-state index contributed by atoms with van der Waals surface area (Å²) in [4.78, 5) is 18.4. The monoisotopic (exact) mass is 462 g/mol. The number of rotatable bonds is 6. The zero-order chi connectivity index (χ0) is 22.4. The Morgan fingerprint density at radius 3 is 2.35 bits per heavy atom. The van der Waals surface area contributed by atoms with Crippen LogP contribution in [0, 0.1) is 0 Å². The number of alkyl halides is 3. The molecule has 1 aromatic rings. The van der Waals surface area contributed by atoms with Gasteiger partial charge in [0.1, 0.15) is 5.75 Å². The van der Waals surface area contributed by atoms with E-state index in [2.05, 4.69) is 9.72 Å². The molecule has 2 heterocycles. The molecule has 1 unspecified atom stereocenters. The molecule has 1 atom stereocenters. The first-order valence-electron chi connectivity index (χ1n) is 10.6. The number of thioether (sulfide) groups is 1. The number of nitrogens with zero attached hydrogens (tertiary/aromatic N) is 2. The second-order valence-electron chi connectivity index (χ2n) is 7.93. The van der Waals surface area contributed by atoms with Gasteiger partial charge in [-0.15, -0.1) is 11.8 Å². The number of piperidine rings is 1. The molecule has 0 spiro atoms. The molecule has 174 valence electrons. The van der Waals surface area contributed by atoms with E-state index in [-0.39, 0.29) is 18.3 Å². The highest BCUT2D eigenvalue weighted by molar-refractivity contribution is 7.98. The maximum atomic E-state index is 12.6. The summed E-state index contributed by atoms with van der Waals surface area (Å²) in [7, 11) is 0. The van der Waals surface area contributed by atoms with Crippen LogP contribution < -0.4 is 4.74 Å². The van der Waals surface area contributed by atoms with E-state index in [0.29, 0.717) is 25.9 Å². The lowest BCUT2D eigenvalue weighted by Crippen LogP contribution is -2.44. The smallest absolute Gasteiger partial charge is 0.425 e. The third-order valence-corrected chi connectivity index (χ3v) is 6.45. The van der Waals surface area contributed by atoms with Crippen LogP contribution in [-0.4, -0.2) is 65.9 Å². The molecule has 1 aliphatic heterocycles. The van der Waals surface area contributed by atoms with Crippen molar-refractivity contribution in [2.45, 2.75) is 80.9 Å². The molecule has 1 saturated heterocycles. The largest absolute Gasteiger partial charge is 0.489 e. The molecule has 3 rings (SSSR count). The third-order valence-electron chi connectivity index (χ3n) is 5.71. The maximum absolute atomic E-state index is 12.6. The zero-order valence-corrected chi connectivity index (χ0v) is 18.6. The van der Waals surface area contributed by atoms with Crippen LogP contribution in [0.5, 0.6) is 5.75 Å². The van der Waals surface area contributed by atoms with Gasteiger partial charge in [0.25, 0.3) is 0 Å². The first kappa shape index (κ1) is 24.0. The van der Waals surface area contributed by atoms with E-state index < -0.39 is 18.4 Å². The van der Waals surface area contributed by atoms with Crippen molar-refractivity contribution < 1.29 is 32.2 Å². The van der Waals surface area contributed by atoms with Crippen molar-refractivity contribution in [2.75, 3.05) is 19.3 Å². The molecule has 0 N–H and O–H groups in total. The van der Waals surface area contributed by atoms with Gasteiger partial charge in [0.15, 0.2) is 6.10 Å². The first-order valence-corrected chi connectivity index (χ1v) is 11.8. The minimum atomic E-state index is -4.55. The summed E-state index contributed by atoms with van der Waals surface area (Å²) in [6, 6.07) is 1.89. The highest BCUT2D eigenvalue weighted by Crippen LogP contribution is 2.32. The molecule has 1 aliphatic carbocycles. The second-order valence-corrected chi connectivity index (χ2v) is 8.78. The molecule has 31 heavy (non-hydrogen) atoms. The average Bonchev–Trinajstić information content (AvgIpc) is 2.75. The number of carbonyl (C=O) groups excluding carboxylic acids is 1. The number of hydrogen-bond acceptors (Lipinski definition) is 6. The molecule has 1 aromatic heterocycles. The SMILES string of the molecule is CSc1cnccc1OC1CCC(OC2CCN(C(=O)OC(C)C(F)(F)F)CC2)CC1. The van der Waals surface area contributed by atoms with Crippen molar-refractivity contribution in [3.05, 3.63) is 18.5 Å². The molecule has 1 saturated carbocycles. The third kappa shape index (κ3) is 6.90. The number of halogens is 3. The van der Waals surface area contributed by atoms with Crippen LogP contribution >= 0.6 is 11.8 Å². The average molecular weight is 463 g/mol. The first-order chi connectivity index (χ1) is 14.8. The quantitative estimate of drug-likeness (QED) is 0.551. The van der Waals surface area contributed by atoms with Crippen LogP contribution in [0.2, 0.25) is 0 Å². The van der Waals surface area contributed by atoms with Crippen LogP contribution in [0.25, 0.3) is 0 Å². The van der Waals surface area contributed by atoms with Crippen LogP contribution in [0.4, 0.5) is 18.0 Å². The lowest BCUT2D eigenvalue weighted by Gasteiger charge is -2.36. The molecule has 6 nitrogen and oxygen atoms in total. The Hall–Kier alpha value is -1.68. The zero-order valence-electron chi connectivity index (χ0n) is 17.8. The predicted octanol–water partition coefficient (Wildman–Crippen LogP) is 5.06. The number of hydrogen-bond donors (Lipinski definition) is 0. The van der Waals surface area contributed by atoms with Crippen LogP contribution in [0.15, 0.2) is 23.4 Å². The summed E-state index contributed by atoms with van der Waals surface area (Å²) in [5.41, 5.74) is 0. The van der Waals surface area contributed by atoms with E-state index in [1.807, 2.05) is 12.3 Å². The summed E-state index contributed by atoms with van der Waals surface area (Å²) in [6.07, 6.45) is 3.07. The van der Waals surface area contributed by atoms with Crippen LogP contribution in [0.1, 0.15) is 45.4 Å². The highest BCUT2D eigenvalue weighted by atomic mass is 32.2. The maximum Gasteiger partial charge on any atom is 0.425 e. The van der Waals surface area contributed by atoms with Gasteiger partial charge >= 0.3 is 12.3 Å². The van der Waals surface area contributed by atoms with Gasteiger partial charge < -0.3 is 19.1 Å². The minimum Gasteiger partial charge on any atom is -0.489 e. The molecule has 10 heteroatoms. The Kier molecular flexibility index (Phi) is 8.32. The van der Waals surface area contributed by atoms with Gasteiger partial charge in [0.05, 0.1) is 23.2 Å². The number of ether oxygens (including phenoxy) is 3. The van der Waals surface area contributed by atoms with E-state index >= 15 is 0 Å². The van der Waals surface area contributed by atoms with Gasteiger partial charge in [-0.2, -0.15) is 13.2 Å². The molecular weight excluding hydrogens is 433 g/mol. The van der Waals surface area contributed by atoms with Gasteiger partial charge in [-0.1, -0.05) is 0 Å². The lowest BCUT2D eigenvalue weighted by molar-refractivity contribution is -0.200. The number of likely N-dealkylation sites (tertiary alicyclic amines) is 1. The Balaban J connectivity index is 1.37. The van der Waals surface area contributed by atoms with Gasteiger partial charge in [-0.3, -0.25) is 4.98 Å². The molecule has 2 fully saturated rings. The summed E-state index contributed by atoms with van der Waals surface area (Å²) in [5, 5.41) is 0. The Labute approximate surface area is 184 Å². The van der Waals surface area contributed by atoms with Crippen molar-refractivity contribution in [3.8, 4) is 5.75 Å². The number of amides is 1. The normalized spacial score (nSPS) is 24.0. The Morgan fingerprint density at radius 1 is 1.13 bits per heavy atom. The van der Waals surface area contributed by atoms with Gasteiger partial charge in [-0.25, -0.2) is 4.79 Å². The van der Waals surface area contributed by atoms with E-state index in [4.69, 9.17) is 9.47 Å². The second kappa shape index (κ2) is 10.8. The number of aromatic nitrogens is 1. The van der Waals surface area contributed by atoms with Crippen LogP contribution in [0.3, 0.4) is 0 Å². The van der Waals surface area contributed by atoms with Crippen LogP contribution in [-0.2, 0) is 9.47 Å². The summed E-state index contributed by atoms with van der Waals surface area (Å²) < 4.78 is 54.6. The highest BCUT2D eigenvalue weighted by Gasteiger charge is 2.40. The predicted molar refractivity (Wildman–Crippen MR) is 110 cm³/mol. The number of pyridine rings is 1. The summed E-state index contributed by atoms with van der Waals surface area (Å²) in [5.74, 6) is 0.867. The van der Waals surface area contributed by atoms with E-state index in [0.717, 1.165) is 43.3 Å². The topological polar surface area (TPSA) is 60.9 Å². The Bertz CT molecular complexity index is 721. The molecule has 0 radical (unpaired) electrons. The fourth-order valence-electron chi connectivity index (χ4n) is 3.82. The van der Waals surface area contributed by atoms with E-state index in [1.165, 1.54) is 4.90 Å². The van der Waals surface area contributed by atoms with E-state index in [1.54, 1.807) is 24.2 Å². The lowest BCUT2D eigenvalue weighted by atomic mass is 9.94. The summed E-state index contributed by atoms with van der Waals surface area (Å²) in [6.45, 7) is 1.52. The van der Waals surface area contributed by atoms with Crippen molar-refractivity contribution in [2.24, 2.45) is 0 Å². The van der Waals surface area contributed by atoms with Crippen molar-refractivity contribution in [1.29, 1.82) is 0 Å². The number of carbonyl (C=O) groups is 1. The molecule has 0 aromatic carbocycles. The molecule has 1 amide bonds. The molecule has 2 aliphatic rings. The summed E-state index contributed by atoms with van der Waals surface area (Å²) >= 11 is 1.61. The van der Waals surface area contributed by atoms with Gasteiger partial charge in [-0.05, 0) is 57.8 Å². The van der Waals surface area contributed by atoms with Crippen molar-refractivity contribution in [3.63, 3.8) is 0 Å². The standard InChI is InChI=1S/C21H29F3N2O4S/c1-14(21(22,23)24)28-20(27)26-11-8-17(9-12-26)29-15-3-5-16(6-4-15)30-18-7-10-25-13-19(18)31-2/h7,10,13-17H,3-6,8-9,11-12H2,1-2H3. The fourth-order valence-corrected chi connectivity index (χ4v) is 4.31. The fraction of sp³-hybridized carbons (Fsp3) is 0.714. The van der Waals surface area contributed by atoms with Gasteiger partial charge in [0.2, 0.25) is 0 Å².